The van der Waals surface area contributed by atoms with Gasteiger partial charge in [0.25, 0.3) is 5.91 Å². The topological polar surface area (TPSA) is 120 Å². The molecule has 0 spiro atoms. The molecule has 0 saturated carbocycles. The van der Waals surface area contributed by atoms with Crippen molar-refractivity contribution in [2.24, 2.45) is 10.8 Å². The number of carbonyl (C=O) groups is 1. The van der Waals surface area contributed by atoms with Gasteiger partial charge in [-0.25, -0.2) is 10.8 Å². The van der Waals surface area contributed by atoms with Crippen LogP contribution in [-0.4, -0.2) is 70.0 Å². The summed E-state index contributed by atoms with van der Waals surface area (Å²) in [5.74, 6) is 6.49. The number of pyridine rings is 2. The number of amides is 1. The number of nitrogens with zero attached hydrogens (tertiary/aromatic N) is 5. The Balaban J connectivity index is 1.78. The minimum atomic E-state index is -0.327. The average molecular weight is 397 g/mol. The van der Waals surface area contributed by atoms with Crippen LogP contribution >= 0.6 is 0 Å². The molecule has 29 heavy (non-hydrogen) atoms. The van der Waals surface area contributed by atoms with Crippen molar-refractivity contribution < 1.29 is 9.90 Å². The fourth-order valence-electron chi connectivity index (χ4n) is 3.17. The third-order valence-electron chi connectivity index (χ3n) is 4.93. The number of hydrazine groups is 1. The van der Waals surface area contributed by atoms with Gasteiger partial charge in [-0.3, -0.25) is 19.8 Å². The Morgan fingerprint density at radius 3 is 2.93 bits per heavy atom. The van der Waals surface area contributed by atoms with Crippen molar-refractivity contribution in [2.75, 3.05) is 32.6 Å². The molecule has 9 heteroatoms. The number of aliphatic hydroxyl groups is 1. The fourth-order valence-corrected chi connectivity index (χ4v) is 3.17. The molecule has 1 amide bonds. The lowest BCUT2D eigenvalue weighted by Gasteiger charge is -2.25. The quantitative estimate of drug-likeness (QED) is 0.293. The molecular weight excluding hydrogens is 370 g/mol. The van der Waals surface area contributed by atoms with Gasteiger partial charge < -0.3 is 15.3 Å². The van der Waals surface area contributed by atoms with Crippen molar-refractivity contribution in [3.05, 3.63) is 53.0 Å². The average Bonchev–Trinajstić information content (AvgIpc) is 2.73. The number of nitrogens with two attached hydrogens (primary N) is 1. The second-order valence-electron chi connectivity index (χ2n) is 7.17. The van der Waals surface area contributed by atoms with Crippen LogP contribution in [0, 0.1) is 0 Å². The maximum Gasteiger partial charge on any atom is 0.275 e. The SMILES string of the molecule is CN=C(c1cccc(NC(=O)c2cc3c(cn2)CCN(C)C3)n1)N(N)C(C)CO. The van der Waals surface area contributed by atoms with E-state index in [1.165, 1.54) is 10.6 Å². The molecule has 2 aromatic rings. The Labute approximate surface area is 170 Å². The van der Waals surface area contributed by atoms with Gasteiger partial charge in [0.05, 0.1) is 12.6 Å². The van der Waals surface area contributed by atoms with E-state index in [9.17, 15) is 9.90 Å². The van der Waals surface area contributed by atoms with Crippen molar-refractivity contribution in [3.8, 4) is 0 Å². The first-order chi connectivity index (χ1) is 13.9. The summed E-state index contributed by atoms with van der Waals surface area (Å²) in [6, 6.07) is 6.71. The number of likely N-dealkylation sites (N-methyl/N-ethyl adjacent to an activating group) is 1. The van der Waals surface area contributed by atoms with Crippen LogP contribution in [0.5, 0.6) is 0 Å². The second-order valence-corrected chi connectivity index (χ2v) is 7.17. The minimum absolute atomic E-state index is 0.120. The molecule has 3 rings (SSSR count). The Morgan fingerprint density at radius 2 is 2.21 bits per heavy atom. The number of aliphatic imine (C=N–C) groups is 1. The lowest BCUT2D eigenvalue weighted by molar-refractivity contribution is 0.102. The van der Waals surface area contributed by atoms with Gasteiger partial charge in [0.1, 0.15) is 17.2 Å². The summed E-state index contributed by atoms with van der Waals surface area (Å²) < 4.78 is 0. The third kappa shape index (κ3) is 4.76. The zero-order valence-corrected chi connectivity index (χ0v) is 17.0. The maximum absolute atomic E-state index is 12.7. The summed E-state index contributed by atoms with van der Waals surface area (Å²) in [6.07, 6.45) is 2.72. The van der Waals surface area contributed by atoms with E-state index in [0.29, 0.717) is 23.0 Å². The van der Waals surface area contributed by atoms with E-state index in [2.05, 4.69) is 32.2 Å². The fraction of sp³-hybridized carbons (Fsp3) is 0.400. The van der Waals surface area contributed by atoms with E-state index in [-0.39, 0.29) is 18.6 Å². The Bertz CT molecular complexity index is 915. The highest BCUT2D eigenvalue weighted by Crippen LogP contribution is 2.18. The van der Waals surface area contributed by atoms with Crippen LogP contribution in [0.25, 0.3) is 0 Å². The first-order valence-electron chi connectivity index (χ1n) is 9.49. The smallest absolute Gasteiger partial charge is 0.275 e. The predicted octanol–water partition coefficient (Wildman–Crippen LogP) is 0.650. The molecule has 1 atom stereocenters. The van der Waals surface area contributed by atoms with Crippen LogP contribution < -0.4 is 11.2 Å². The largest absolute Gasteiger partial charge is 0.394 e. The molecule has 0 saturated heterocycles. The normalized spacial score (nSPS) is 15.6. The zero-order chi connectivity index (χ0) is 21.0. The van der Waals surface area contributed by atoms with E-state index >= 15 is 0 Å². The van der Waals surface area contributed by atoms with Gasteiger partial charge in [0.15, 0.2) is 5.84 Å². The Kier molecular flexibility index (Phi) is 6.53. The van der Waals surface area contributed by atoms with Crippen LogP contribution in [0.4, 0.5) is 5.82 Å². The summed E-state index contributed by atoms with van der Waals surface area (Å²) in [7, 11) is 3.66. The highest BCUT2D eigenvalue weighted by atomic mass is 16.3. The van der Waals surface area contributed by atoms with Crippen LogP contribution in [-0.2, 0) is 13.0 Å². The van der Waals surface area contributed by atoms with Gasteiger partial charge in [-0.1, -0.05) is 6.07 Å². The molecule has 9 nitrogen and oxygen atoms in total. The minimum Gasteiger partial charge on any atom is -0.394 e. The van der Waals surface area contributed by atoms with Gasteiger partial charge in [-0.2, -0.15) is 0 Å². The van der Waals surface area contributed by atoms with Gasteiger partial charge in [-0.05, 0) is 49.7 Å². The molecule has 0 bridgehead atoms. The number of rotatable bonds is 5. The number of fused-ring (bicyclic) bond motifs is 1. The summed E-state index contributed by atoms with van der Waals surface area (Å²) in [5, 5.41) is 13.5. The van der Waals surface area contributed by atoms with E-state index in [0.717, 1.165) is 25.1 Å². The van der Waals surface area contributed by atoms with Crippen molar-refractivity contribution >= 4 is 17.6 Å². The Hall–Kier alpha value is -2.88. The van der Waals surface area contributed by atoms with E-state index < -0.39 is 0 Å². The molecule has 1 aliphatic rings. The molecule has 0 aromatic carbocycles. The van der Waals surface area contributed by atoms with Gasteiger partial charge in [0.2, 0.25) is 0 Å². The molecule has 0 fully saturated rings. The lowest BCUT2D eigenvalue weighted by atomic mass is 10.0. The number of carbonyl (C=O) groups excluding carboxylic acids is 1. The van der Waals surface area contributed by atoms with Crippen LogP contribution in [0.3, 0.4) is 0 Å². The monoisotopic (exact) mass is 397 g/mol. The zero-order valence-electron chi connectivity index (χ0n) is 17.0. The first-order valence-corrected chi connectivity index (χ1v) is 9.49. The predicted molar refractivity (Wildman–Crippen MR) is 112 cm³/mol. The number of amidine groups is 1. The third-order valence-corrected chi connectivity index (χ3v) is 4.93. The number of hydrogen-bond donors (Lipinski definition) is 3. The molecule has 1 unspecified atom stereocenters. The number of aliphatic hydroxyl groups excluding tert-OH is 1. The van der Waals surface area contributed by atoms with E-state index in [1.807, 2.05) is 6.07 Å². The van der Waals surface area contributed by atoms with Crippen molar-refractivity contribution in [2.45, 2.75) is 25.9 Å². The summed E-state index contributed by atoms with van der Waals surface area (Å²) in [5.41, 5.74) is 3.15. The Morgan fingerprint density at radius 1 is 1.41 bits per heavy atom. The molecular formula is C20H27N7O2. The van der Waals surface area contributed by atoms with Crippen molar-refractivity contribution in [1.29, 1.82) is 0 Å². The highest BCUT2D eigenvalue weighted by Gasteiger charge is 2.19. The molecule has 1 aliphatic heterocycles. The standard InChI is InChI=1S/C20H27N7O2/c1-13(12-28)27(21)19(22-2)16-5-4-6-18(24-16)25-20(29)17-9-15-11-26(3)8-7-14(15)10-23-17/h4-6,9-10,13,28H,7-8,11-12,21H2,1-3H3,(H,24,25,29). The van der Waals surface area contributed by atoms with Crippen LogP contribution in [0.2, 0.25) is 0 Å². The van der Waals surface area contributed by atoms with Gasteiger partial charge in [0, 0.05) is 26.3 Å². The lowest BCUT2D eigenvalue weighted by Crippen LogP contribution is -2.46. The van der Waals surface area contributed by atoms with Crippen LogP contribution in [0.1, 0.15) is 34.2 Å². The second kappa shape index (κ2) is 9.08. The van der Waals surface area contributed by atoms with E-state index in [4.69, 9.17) is 5.84 Å². The number of hydrogen-bond acceptors (Lipinski definition) is 7. The van der Waals surface area contributed by atoms with E-state index in [1.54, 1.807) is 38.4 Å². The summed E-state index contributed by atoms with van der Waals surface area (Å²) in [4.78, 5) is 27.8. The summed E-state index contributed by atoms with van der Waals surface area (Å²) in [6.45, 7) is 3.45. The van der Waals surface area contributed by atoms with Crippen molar-refractivity contribution in [1.82, 2.24) is 19.9 Å². The van der Waals surface area contributed by atoms with Crippen molar-refractivity contribution in [3.63, 3.8) is 0 Å². The number of aromatic nitrogens is 2. The van der Waals surface area contributed by atoms with Crippen LogP contribution in [0.15, 0.2) is 35.5 Å². The molecule has 154 valence electrons. The number of nitrogens with one attached hydrogen (secondary N) is 1. The number of anilines is 1. The maximum atomic E-state index is 12.7. The molecule has 0 aliphatic carbocycles. The molecule has 4 N–H and O–H groups in total. The first kappa shape index (κ1) is 20.8. The molecule has 3 heterocycles. The van der Waals surface area contributed by atoms with Gasteiger partial charge >= 0.3 is 0 Å². The molecule has 2 aromatic heterocycles. The van der Waals surface area contributed by atoms with Gasteiger partial charge in [-0.15, -0.1) is 0 Å². The highest BCUT2D eigenvalue weighted by molar-refractivity contribution is 6.03. The molecule has 0 radical (unpaired) electrons. The summed E-state index contributed by atoms with van der Waals surface area (Å²) >= 11 is 0.